The summed E-state index contributed by atoms with van der Waals surface area (Å²) in [5.74, 6) is 0.931. The minimum absolute atomic E-state index is 0.104. The molecule has 0 aliphatic heterocycles. The first-order chi connectivity index (χ1) is 12.8. The Bertz CT molecular complexity index is 834. The first-order valence-corrected chi connectivity index (χ1v) is 9.95. The molecule has 0 unspecified atom stereocenters. The fraction of sp³-hybridized carbons (Fsp3) is 0.250. The largest absolute Gasteiger partial charge is 0.350 e. The van der Waals surface area contributed by atoms with Gasteiger partial charge >= 0.3 is 0 Å². The van der Waals surface area contributed by atoms with Gasteiger partial charge in [0.15, 0.2) is 0 Å². The maximum Gasteiger partial charge on any atom is 0.252 e. The number of hydrogen-bond donors (Lipinski definition) is 1. The molecule has 1 N–H and O–H groups in total. The number of hydrogen-bond acceptors (Lipinski definition) is 4. The number of pyridine rings is 1. The van der Waals surface area contributed by atoms with Crippen molar-refractivity contribution < 1.29 is 4.79 Å². The van der Waals surface area contributed by atoms with Crippen molar-refractivity contribution in [1.82, 2.24) is 19.9 Å². The third kappa shape index (κ3) is 4.52. The van der Waals surface area contributed by atoms with Gasteiger partial charge in [0.05, 0.1) is 17.6 Å². The summed E-state index contributed by atoms with van der Waals surface area (Å²) in [5.41, 5.74) is 3.94. The van der Waals surface area contributed by atoms with Crippen LogP contribution in [0.3, 0.4) is 0 Å². The van der Waals surface area contributed by atoms with Gasteiger partial charge in [-0.05, 0) is 30.6 Å². The van der Waals surface area contributed by atoms with Crippen molar-refractivity contribution in [2.45, 2.75) is 13.0 Å². The highest BCUT2D eigenvalue weighted by molar-refractivity contribution is 7.98. The van der Waals surface area contributed by atoms with Crippen molar-refractivity contribution in [3.63, 3.8) is 0 Å². The minimum atomic E-state index is -0.104. The number of rotatable bonds is 8. The summed E-state index contributed by atoms with van der Waals surface area (Å²) in [6, 6.07) is 13.8. The zero-order chi connectivity index (χ0) is 18.2. The number of carbonyl (C=O) groups excluding carboxylic acids is 1. The lowest BCUT2D eigenvalue weighted by molar-refractivity contribution is 0.0952. The summed E-state index contributed by atoms with van der Waals surface area (Å²) in [5, 5.41) is 2.95. The molecule has 1 aromatic carbocycles. The van der Waals surface area contributed by atoms with E-state index < -0.39 is 0 Å². The average molecular weight is 366 g/mol. The van der Waals surface area contributed by atoms with Crippen molar-refractivity contribution in [1.29, 1.82) is 0 Å². The number of aromatic nitrogens is 3. The molecule has 0 spiro atoms. The first kappa shape index (κ1) is 18.2. The van der Waals surface area contributed by atoms with E-state index in [2.05, 4.69) is 38.2 Å². The molecular formula is C20H22N4OS. The molecule has 1 amide bonds. The monoisotopic (exact) mass is 366 g/mol. The van der Waals surface area contributed by atoms with E-state index in [1.807, 2.05) is 36.3 Å². The van der Waals surface area contributed by atoms with Crippen LogP contribution >= 0.6 is 11.8 Å². The van der Waals surface area contributed by atoms with E-state index in [0.29, 0.717) is 18.7 Å². The topological polar surface area (TPSA) is 59.8 Å². The van der Waals surface area contributed by atoms with Crippen LogP contribution in [-0.2, 0) is 13.0 Å². The van der Waals surface area contributed by atoms with E-state index in [9.17, 15) is 4.79 Å². The minimum Gasteiger partial charge on any atom is -0.350 e. The second-order valence-corrected chi connectivity index (χ2v) is 6.83. The molecule has 0 saturated heterocycles. The van der Waals surface area contributed by atoms with Crippen LogP contribution in [0.1, 0.15) is 16.1 Å². The third-order valence-corrected chi connectivity index (χ3v) is 4.71. The van der Waals surface area contributed by atoms with Crippen molar-refractivity contribution in [3.05, 3.63) is 72.4 Å². The van der Waals surface area contributed by atoms with E-state index in [0.717, 1.165) is 23.4 Å². The maximum atomic E-state index is 12.1. The maximum absolute atomic E-state index is 12.1. The number of imidazole rings is 1. The predicted octanol–water partition coefficient (Wildman–Crippen LogP) is 3.28. The molecule has 0 bridgehead atoms. The van der Waals surface area contributed by atoms with Crippen LogP contribution in [0.4, 0.5) is 0 Å². The zero-order valence-corrected chi connectivity index (χ0v) is 15.6. The van der Waals surface area contributed by atoms with Gasteiger partial charge in [-0.1, -0.05) is 30.3 Å². The van der Waals surface area contributed by atoms with Crippen LogP contribution in [0.5, 0.6) is 0 Å². The van der Waals surface area contributed by atoms with E-state index in [4.69, 9.17) is 0 Å². The van der Waals surface area contributed by atoms with Gasteiger partial charge < -0.3 is 9.88 Å². The summed E-state index contributed by atoms with van der Waals surface area (Å²) in [7, 11) is 0. The number of nitrogens with one attached hydrogen (secondary N) is 1. The van der Waals surface area contributed by atoms with Crippen LogP contribution in [0.25, 0.3) is 11.3 Å². The van der Waals surface area contributed by atoms with Gasteiger partial charge in [0.1, 0.15) is 0 Å². The molecule has 2 aromatic heterocycles. The Hall–Kier alpha value is -2.60. The highest BCUT2D eigenvalue weighted by Gasteiger charge is 2.13. The fourth-order valence-electron chi connectivity index (χ4n) is 2.79. The van der Waals surface area contributed by atoms with Gasteiger partial charge in [0.25, 0.3) is 5.91 Å². The van der Waals surface area contributed by atoms with Crippen LogP contribution in [-0.4, -0.2) is 39.0 Å². The second kappa shape index (κ2) is 9.20. The number of amides is 1. The van der Waals surface area contributed by atoms with Crippen molar-refractivity contribution >= 4 is 17.7 Å². The molecule has 0 atom stereocenters. The molecule has 26 heavy (non-hydrogen) atoms. The SMILES string of the molecule is CSCCc1c(-c2ccccc2)ncn1CCNC(=O)c1cccnc1. The number of thioether (sulfide) groups is 1. The van der Waals surface area contributed by atoms with Gasteiger partial charge in [0.2, 0.25) is 0 Å². The summed E-state index contributed by atoms with van der Waals surface area (Å²) in [4.78, 5) is 20.7. The van der Waals surface area contributed by atoms with Gasteiger partial charge in [-0.15, -0.1) is 0 Å². The van der Waals surface area contributed by atoms with Gasteiger partial charge in [-0.25, -0.2) is 4.98 Å². The molecule has 0 saturated carbocycles. The Morgan fingerprint density at radius 1 is 1.19 bits per heavy atom. The summed E-state index contributed by atoms with van der Waals surface area (Å²) in [6.45, 7) is 1.24. The van der Waals surface area contributed by atoms with E-state index in [1.165, 1.54) is 5.69 Å². The first-order valence-electron chi connectivity index (χ1n) is 8.56. The quantitative estimate of drug-likeness (QED) is 0.665. The highest BCUT2D eigenvalue weighted by atomic mass is 32.2. The van der Waals surface area contributed by atoms with Gasteiger partial charge in [-0.3, -0.25) is 9.78 Å². The summed E-state index contributed by atoms with van der Waals surface area (Å²) >= 11 is 1.82. The molecule has 0 aliphatic rings. The number of carbonyl (C=O) groups is 1. The Kier molecular flexibility index (Phi) is 6.44. The van der Waals surface area contributed by atoms with Crippen molar-refractivity contribution in [2.24, 2.45) is 0 Å². The molecule has 3 aromatic rings. The van der Waals surface area contributed by atoms with E-state index in [1.54, 1.807) is 24.5 Å². The fourth-order valence-corrected chi connectivity index (χ4v) is 3.18. The van der Waals surface area contributed by atoms with E-state index in [-0.39, 0.29) is 5.91 Å². The standard InChI is InChI=1S/C20H22N4OS/c1-26-13-9-18-19(16-6-3-2-4-7-16)23-15-24(18)12-11-22-20(25)17-8-5-10-21-14-17/h2-8,10,14-15H,9,11-13H2,1H3,(H,22,25). The lowest BCUT2D eigenvalue weighted by Gasteiger charge is -2.11. The van der Waals surface area contributed by atoms with Gasteiger partial charge in [0, 0.05) is 36.7 Å². The average Bonchev–Trinajstić information content (AvgIpc) is 3.10. The van der Waals surface area contributed by atoms with E-state index >= 15 is 0 Å². The predicted molar refractivity (Wildman–Crippen MR) is 106 cm³/mol. The van der Waals surface area contributed by atoms with Crippen LogP contribution in [0, 0.1) is 0 Å². The molecule has 134 valence electrons. The van der Waals surface area contributed by atoms with Crippen LogP contribution < -0.4 is 5.32 Å². The smallest absolute Gasteiger partial charge is 0.252 e. The zero-order valence-electron chi connectivity index (χ0n) is 14.8. The van der Waals surface area contributed by atoms with Crippen LogP contribution in [0.15, 0.2) is 61.2 Å². The molecule has 6 heteroatoms. The van der Waals surface area contributed by atoms with Crippen molar-refractivity contribution in [3.8, 4) is 11.3 Å². The molecule has 0 radical (unpaired) electrons. The molecule has 2 heterocycles. The molecule has 0 fully saturated rings. The summed E-state index contributed by atoms with van der Waals surface area (Å²) in [6.07, 6.45) is 8.16. The Labute approximate surface area is 157 Å². The molecule has 3 rings (SSSR count). The Morgan fingerprint density at radius 2 is 2.04 bits per heavy atom. The van der Waals surface area contributed by atoms with Crippen LogP contribution in [0.2, 0.25) is 0 Å². The Balaban J connectivity index is 1.69. The lowest BCUT2D eigenvalue weighted by Crippen LogP contribution is -2.27. The summed E-state index contributed by atoms with van der Waals surface area (Å²) < 4.78 is 2.14. The lowest BCUT2D eigenvalue weighted by atomic mass is 10.1. The van der Waals surface area contributed by atoms with Crippen molar-refractivity contribution in [2.75, 3.05) is 18.6 Å². The molecular weight excluding hydrogens is 344 g/mol. The number of nitrogens with zero attached hydrogens (tertiary/aromatic N) is 3. The highest BCUT2D eigenvalue weighted by Crippen LogP contribution is 2.23. The van der Waals surface area contributed by atoms with Gasteiger partial charge in [-0.2, -0.15) is 11.8 Å². The normalized spacial score (nSPS) is 10.7. The second-order valence-electron chi connectivity index (χ2n) is 5.84. The molecule has 0 aliphatic carbocycles. The number of benzene rings is 1. The Morgan fingerprint density at radius 3 is 2.77 bits per heavy atom. The molecule has 5 nitrogen and oxygen atoms in total. The third-order valence-electron chi connectivity index (χ3n) is 4.10.